The van der Waals surface area contributed by atoms with Crippen molar-refractivity contribution in [3.05, 3.63) is 6.33 Å². The Kier molecular flexibility index (Phi) is 7.50. The number of ether oxygens (including phenoxy) is 3. The van der Waals surface area contributed by atoms with Gasteiger partial charge in [0.2, 0.25) is 11.8 Å². The van der Waals surface area contributed by atoms with Crippen molar-refractivity contribution in [3.63, 3.8) is 0 Å². The maximum atomic E-state index is 13.7. The van der Waals surface area contributed by atoms with Crippen molar-refractivity contribution < 1.29 is 43.4 Å². The molecule has 2 saturated heterocycles. The number of aliphatic hydroxyl groups excluding tert-OH is 1. The number of aromatic nitrogens is 4. The number of anilines is 1. The molecular weight excluding hydrogens is 501 g/mol. The summed E-state index contributed by atoms with van der Waals surface area (Å²) in [7, 11) is -2.49. The molecule has 4 rings (SSSR count). The van der Waals surface area contributed by atoms with E-state index < -0.39 is 50.3 Å². The molecule has 2 fully saturated rings. The summed E-state index contributed by atoms with van der Waals surface area (Å²) in [4.78, 5) is 23.7. The molecule has 36 heavy (non-hydrogen) atoms. The maximum Gasteiger partial charge on any atom is 0.344 e. The van der Waals surface area contributed by atoms with Gasteiger partial charge in [0.1, 0.15) is 23.9 Å². The van der Waals surface area contributed by atoms with Crippen molar-refractivity contribution in [2.75, 3.05) is 45.8 Å². The number of nitrogens with one attached hydrogen (secondary N) is 1. The van der Waals surface area contributed by atoms with E-state index in [-0.39, 0.29) is 49.3 Å². The van der Waals surface area contributed by atoms with Crippen LogP contribution in [0.2, 0.25) is 0 Å². The van der Waals surface area contributed by atoms with E-state index in [1.807, 2.05) is 0 Å². The van der Waals surface area contributed by atoms with Crippen LogP contribution in [0.4, 0.5) is 5.95 Å². The van der Waals surface area contributed by atoms with Crippen LogP contribution in [0, 0.1) is 0 Å². The van der Waals surface area contributed by atoms with Crippen LogP contribution in [0.3, 0.4) is 0 Å². The summed E-state index contributed by atoms with van der Waals surface area (Å²) >= 11 is 0. The number of nitrogen functional groups attached to an aromatic ring is 1. The molecule has 0 spiro atoms. The molecule has 6 atom stereocenters. The lowest BCUT2D eigenvalue weighted by Crippen LogP contribution is -2.45. The van der Waals surface area contributed by atoms with Gasteiger partial charge < -0.3 is 39.8 Å². The van der Waals surface area contributed by atoms with Crippen LogP contribution in [0.1, 0.15) is 20.1 Å². The van der Waals surface area contributed by atoms with Gasteiger partial charge in [-0.05, 0) is 13.8 Å². The standard InChI is InChI=1S/C19H30N7O9P/c1-10(16(28)29)24-36(31,25-4-6-33-7-5-25)34-8-11-13(27)19(2,30)17(35-11)26-9-21-12-14(26)22-18(20)23-15(12)32-3/h9-11,13,17,27,30H,4-8H2,1-3H3,(H,24,31)(H,28,29)(H2,20,22,23)/t10?,11-,13-,17-,19-,36?/m1/s1. The first kappa shape index (κ1) is 26.6. The first-order valence-electron chi connectivity index (χ1n) is 11.2. The summed E-state index contributed by atoms with van der Waals surface area (Å²) in [5, 5.41) is 33.9. The van der Waals surface area contributed by atoms with E-state index in [4.69, 9.17) is 24.5 Å². The molecule has 200 valence electrons. The van der Waals surface area contributed by atoms with E-state index in [0.29, 0.717) is 0 Å². The highest BCUT2D eigenvalue weighted by Gasteiger charge is 2.54. The number of hydrogen-bond acceptors (Lipinski definition) is 12. The Hall–Kier alpha value is -2.43. The van der Waals surface area contributed by atoms with Crippen LogP contribution in [-0.4, -0.2) is 109 Å². The molecule has 17 heteroatoms. The topological polar surface area (TPSA) is 217 Å². The minimum absolute atomic E-state index is 0.0933. The second-order valence-electron chi connectivity index (χ2n) is 8.68. The number of morpholine rings is 1. The van der Waals surface area contributed by atoms with E-state index in [0.717, 1.165) is 0 Å². The van der Waals surface area contributed by atoms with Gasteiger partial charge in [0, 0.05) is 13.1 Å². The molecule has 0 aromatic carbocycles. The molecule has 2 aliphatic heterocycles. The highest BCUT2D eigenvalue weighted by atomic mass is 31.2. The smallest absolute Gasteiger partial charge is 0.344 e. The zero-order valence-electron chi connectivity index (χ0n) is 20.0. The number of carboxylic acid groups (broad SMARTS) is 1. The molecule has 6 N–H and O–H groups in total. The minimum atomic E-state index is -3.88. The Morgan fingerprint density at radius 3 is 2.75 bits per heavy atom. The lowest BCUT2D eigenvalue weighted by molar-refractivity contribution is -0.138. The van der Waals surface area contributed by atoms with Gasteiger partial charge in [0.15, 0.2) is 17.4 Å². The summed E-state index contributed by atoms with van der Waals surface area (Å²) in [6.45, 7) is 3.35. The Balaban J connectivity index is 1.57. The van der Waals surface area contributed by atoms with Gasteiger partial charge >= 0.3 is 13.6 Å². The molecule has 4 heterocycles. The normalized spacial score (nSPS) is 29.8. The second-order valence-corrected chi connectivity index (χ2v) is 10.8. The summed E-state index contributed by atoms with van der Waals surface area (Å²) in [6, 6.07) is -1.18. The second kappa shape index (κ2) is 10.1. The third kappa shape index (κ3) is 4.90. The summed E-state index contributed by atoms with van der Waals surface area (Å²) < 4.78 is 38.7. The zero-order valence-corrected chi connectivity index (χ0v) is 20.9. The third-order valence-electron chi connectivity index (χ3n) is 6.11. The SMILES string of the molecule is COc1nc(N)nc2c1ncn2[C@@H]1O[C@H](COP(=O)(NC(C)C(=O)O)N2CCOCC2)[C@@H](O)[C@@]1(C)O. The average molecular weight is 531 g/mol. The van der Waals surface area contributed by atoms with Gasteiger partial charge in [0.25, 0.3) is 0 Å². The van der Waals surface area contributed by atoms with E-state index in [1.165, 1.54) is 36.5 Å². The van der Waals surface area contributed by atoms with E-state index in [2.05, 4.69) is 20.0 Å². The van der Waals surface area contributed by atoms with Crippen LogP contribution in [-0.2, 0) is 23.4 Å². The number of carboxylic acids is 1. The van der Waals surface area contributed by atoms with Crippen LogP contribution in [0.15, 0.2) is 6.33 Å². The molecule has 0 saturated carbocycles. The fourth-order valence-corrected chi connectivity index (χ4v) is 6.13. The molecule has 2 aromatic heterocycles. The van der Waals surface area contributed by atoms with Crippen molar-refractivity contribution in [2.24, 2.45) is 0 Å². The van der Waals surface area contributed by atoms with Gasteiger partial charge in [-0.25, -0.2) is 14.7 Å². The van der Waals surface area contributed by atoms with Gasteiger partial charge in [-0.1, -0.05) is 0 Å². The lowest BCUT2D eigenvalue weighted by atomic mass is 9.96. The van der Waals surface area contributed by atoms with Crippen molar-refractivity contribution >= 4 is 30.8 Å². The highest BCUT2D eigenvalue weighted by Crippen LogP contribution is 2.49. The van der Waals surface area contributed by atoms with E-state index in [9.17, 15) is 24.7 Å². The van der Waals surface area contributed by atoms with Crippen LogP contribution >= 0.6 is 7.67 Å². The number of nitrogens with zero attached hydrogens (tertiary/aromatic N) is 5. The number of methoxy groups -OCH3 is 1. The molecule has 2 unspecified atom stereocenters. The number of rotatable bonds is 9. The summed E-state index contributed by atoms with van der Waals surface area (Å²) in [5.74, 6) is -1.18. The fourth-order valence-electron chi connectivity index (χ4n) is 4.09. The number of hydrogen-bond donors (Lipinski definition) is 5. The summed E-state index contributed by atoms with van der Waals surface area (Å²) in [5.41, 5.74) is 4.39. The fraction of sp³-hybridized carbons (Fsp3) is 0.684. The van der Waals surface area contributed by atoms with Crippen LogP contribution in [0.5, 0.6) is 5.88 Å². The van der Waals surface area contributed by atoms with E-state index in [1.54, 1.807) is 0 Å². The molecule has 16 nitrogen and oxygen atoms in total. The predicted octanol–water partition coefficient (Wildman–Crippen LogP) is -1.05. The Morgan fingerprint density at radius 2 is 2.11 bits per heavy atom. The number of fused-ring (bicyclic) bond motifs is 1. The first-order valence-corrected chi connectivity index (χ1v) is 12.7. The third-order valence-corrected chi connectivity index (χ3v) is 8.47. The van der Waals surface area contributed by atoms with Gasteiger partial charge in [-0.2, -0.15) is 9.97 Å². The van der Waals surface area contributed by atoms with Gasteiger partial charge in [-0.3, -0.25) is 13.9 Å². The van der Waals surface area contributed by atoms with Gasteiger partial charge in [-0.15, -0.1) is 0 Å². The zero-order chi connectivity index (χ0) is 26.3. The number of aliphatic carboxylic acids is 1. The number of aliphatic hydroxyl groups is 2. The Bertz CT molecular complexity index is 1160. The molecule has 0 amide bonds. The number of imidazole rings is 1. The largest absolute Gasteiger partial charge is 0.480 e. The molecular formula is C19H30N7O9P. The molecule has 0 radical (unpaired) electrons. The van der Waals surface area contributed by atoms with Crippen molar-refractivity contribution in [1.29, 1.82) is 0 Å². The molecule has 0 bridgehead atoms. The predicted molar refractivity (Wildman–Crippen MR) is 123 cm³/mol. The highest BCUT2D eigenvalue weighted by molar-refractivity contribution is 7.54. The molecule has 2 aromatic rings. The Labute approximate surface area is 205 Å². The Morgan fingerprint density at radius 1 is 1.42 bits per heavy atom. The van der Waals surface area contributed by atoms with Crippen molar-refractivity contribution in [2.45, 2.75) is 43.9 Å². The molecule has 0 aliphatic carbocycles. The van der Waals surface area contributed by atoms with Gasteiger partial charge in [0.05, 0.1) is 33.3 Å². The maximum absolute atomic E-state index is 13.7. The minimum Gasteiger partial charge on any atom is -0.480 e. The first-order chi connectivity index (χ1) is 17.0. The van der Waals surface area contributed by atoms with E-state index >= 15 is 0 Å². The lowest BCUT2D eigenvalue weighted by Gasteiger charge is -2.35. The van der Waals surface area contributed by atoms with Crippen molar-refractivity contribution in [1.82, 2.24) is 29.3 Å². The van der Waals surface area contributed by atoms with Crippen LogP contribution in [0.25, 0.3) is 11.2 Å². The quantitative estimate of drug-likeness (QED) is 0.244. The van der Waals surface area contributed by atoms with Crippen molar-refractivity contribution in [3.8, 4) is 5.88 Å². The summed E-state index contributed by atoms with van der Waals surface area (Å²) in [6.07, 6.45) is -2.46. The number of nitrogens with two attached hydrogens (primary N) is 1. The average Bonchev–Trinajstić information content (AvgIpc) is 3.35. The molecule has 2 aliphatic rings. The monoisotopic (exact) mass is 531 g/mol. The number of carbonyl (C=O) groups is 1. The van der Waals surface area contributed by atoms with Crippen LogP contribution < -0.4 is 15.6 Å².